The third kappa shape index (κ3) is 4.49. The molecule has 5 heterocycles. The number of alkyl halides is 1. The molecule has 2 N–H and O–H groups in total. The average molecular weight is 607 g/mol. The maximum Gasteiger partial charge on any atom is 0.242 e. The van der Waals surface area contributed by atoms with Crippen LogP contribution in [0.25, 0.3) is 16.3 Å². The van der Waals surface area contributed by atoms with Crippen LogP contribution in [0.2, 0.25) is 0 Å². The number of anilines is 1. The largest absolute Gasteiger partial charge is 0.390 e. The van der Waals surface area contributed by atoms with E-state index < -0.39 is 33.9 Å². The molecule has 1 unspecified atom stereocenters. The van der Waals surface area contributed by atoms with Crippen molar-refractivity contribution >= 4 is 32.7 Å². The fourth-order valence-corrected chi connectivity index (χ4v) is 8.55. The van der Waals surface area contributed by atoms with Crippen molar-refractivity contribution in [1.82, 2.24) is 24.3 Å². The standard InChI is InChI=1S/C27H35FN6O5S2/c1-16-22(35)26(15-39-16)8-10-33(11-9-26)18-12-17(41(36,37)32-25(2)4-5-25)14-34-20(24-31-30-19(13-28)40-24)21(29-23(18)34)27(38-3)6-7-27/h12,14,16,22,32,35H,4-11,13,15H2,1-3H3/t16-,22?/m1/s1. The first-order valence-corrected chi connectivity index (χ1v) is 16.4. The second-order valence-corrected chi connectivity index (χ2v) is 15.1. The van der Waals surface area contributed by atoms with Gasteiger partial charge in [0.2, 0.25) is 10.0 Å². The molecule has 0 aromatic carbocycles. The number of nitrogens with zero attached hydrogens (tertiary/aromatic N) is 5. The summed E-state index contributed by atoms with van der Waals surface area (Å²) in [5.41, 5.74) is 1.11. The van der Waals surface area contributed by atoms with Crippen molar-refractivity contribution in [2.24, 2.45) is 5.41 Å². The number of ether oxygens (including phenoxy) is 2. The normalized spacial score (nSPS) is 26.2. The van der Waals surface area contributed by atoms with Gasteiger partial charge in [0.15, 0.2) is 10.7 Å². The summed E-state index contributed by atoms with van der Waals surface area (Å²) >= 11 is 1.13. The number of aliphatic hydroxyl groups excluding tert-OH is 1. The van der Waals surface area contributed by atoms with Crippen molar-refractivity contribution in [3.8, 4) is 10.7 Å². The van der Waals surface area contributed by atoms with Gasteiger partial charge in [0.1, 0.15) is 33.6 Å². The highest BCUT2D eigenvalue weighted by molar-refractivity contribution is 7.89. The van der Waals surface area contributed by atoms with Crippen molar-refractivity contribution in [2.75, 3.05) is 31.7 Å². The van der Waals surface area contributed by atoms with Crippen LogP contribution in [0, 0.1) is 5.41 Å². The first-order chi connectivity index (χ1) is 19.5. The summed E-state index contributed by atoms with van der Waals surface area (Å²) < 4.78 is 57.3. The first-order valence-electron chi connectivity index (χ1n) is 14.1. The van der Waals surface area contributed by atoms with Crippen LogP contribution in [0.3, 0.4) is 0 Å². The Morgan fingerprint density at radius 1 is 1.22 bits per heavy atom. The summed E-state index contributed by atoms with van der Waals surface area (Å²) in [6.45, 7) is 4.79. The van der Waals surface area contributed by atoms with Crippen LogP contribution in [-0.4, -0.2) is 77.7 Å². The van der Waals surface area contributed by atoms with Crippen LogP contribution >= 0.6 is 11.3 Å². The van der Waals surface area contributed by atoms with Crippen LogP contribution in [0.1, 0.15) is 63.1 Å². The molecule has 4 aliphatic rings. The van der Waals surface area contributed by atoms with Crippen LogP contribution in [0.5, 0.6) is 0 Å². The average Bonchev–Trinajstić information content (AvgIpc) is 3.77. The predicted molar refractivity (Wildman–Crippen MR) is 150 cm³/mol. The lowest BCUT2D eigenvalue weighted by atomic mass is 9.74. The molecule has 41 heavy (non-hydrogen) atoms. The number of pyridine rings is 1. The van der Waals surface area contributed by atoms with Gasteiger partial charge in [0.05, 0.1) is 24.5 Å². The molecule has 2 saturated heterocycles. The zero-order valence-electron chi connectivity index (χ0n) is 23.4. The van der Waals surface area contributed by atoms with Gasteiger partial charge in [-0.05, 0) is 58.4 Å². The molecule has 2 atom stereocenters. The van der Waals surface area contributed by atoms with Crippen LogP contribution in [-0.2, 0) is 31.8 Å². The highest BCUT2D eigenvalue weighted by Crippen LogP contribution is 2.52. The molecular formula is C27H35FN6O5S2. The highest BCUT2D eigenvalue weighted by Gasteiger charge is 2.51. The second kappa shape index (κ2) is 9.38. The molecule has 14 heteroatoms. The van der Waals surface area contributed by atoms with Gasteiger partial charge in [-0.2, -0.15) is 0 Å². The summed E-state index contributed by atoms with van der Waals surface area (Å²) in [6, 6.07) is 1.70. The maximum atomic E-state index is 13.7. The van der Waals surface area contributed by atoms with Gasteiger partial charge in [-0.1, -0.05) is 11.3 Å². The maximum absolute atomic E-state index is 13.7. The Labute approximate surface area is 242 Å². The van der Waals surface area contributed by atoms with Crippen molar-refractivity contribution in [3.63, 3.8) is 0 Å². The molecule has 0 bridgehead atoms. The molecule has 0 amide bonds. The Bertz CT molecular complexity index is 1610. The zero-order valence-corrected chi connectivity index (χ0v) is 25.0. The van der Waals surface area contributed by atoms with Gasteiger partial charge in [-0.15, -0.1) is 10.2 Å². The second-order valence-electron chi connectivity index (χ2n) is 12.4. The summed E-state index contributed by atoms with van der Waals surface area (Å²) in [6.07, 6.45) is 5.34. The fraction of sp³-hybridized carbons (Fsp3) is 0.667. The van der Waals surface area contributed by atoms with E-state index in [4.69, 9.17) is 14.5 Å². The van der Waals surface area contributed by atoms with E-state index in [0.29, 0.717) is 60.3 Å². The number of hydrogen-bond donors (Lipinski definition) is 2. The fourth-order valence-electron chi connectivity index (χ4n) is 6.34. The van der Waals surface area contributed by atoms with Gasteiger partial charge in [-0.25, -0.2) is 22.5 Å². The van der Waals surface area contributed by atoms with E-state index in [1.807, 2.05) is 13.8 Å². The number of fused-ring (bicyclic) bond motifs is 1. The summed E-state index contributed by atoms with van der Waals surface area (Å²) in [4.78, 5) is 7.35. The van der Waals surface area contributed by atoms with Gasteiger partial charge < -0.3 is 19.5 Å². The van der Waals surface area contributed by atoms with E-state index in [9.17, 15) is 17.9 Å². The molecule has 11 nitrogen and oxygen atoms in total. The number of halogens is 1. The topological polar surface area (TPSA) is 131 Å². The van der Waals surface area contributed by atoms with E-state index in [-0.39, 0.29) is 21.4 Å². The van der Waals surface area contributed by atoms with E-state index >= 15 is 0 Å². The van der Waals surface area contributed by atoms with Crippen molar-refractivity contribution < 1.29 is 27.4 Å². The Morgan fingerprint density at radius 2 is 1.95 bits per heavy atom. The number of methoxy groups -OCH3 is 1. The Morgan fingerprint density at radius 3 is 2.51 bits per heavy atom. The minimum absolute atomic E-state index is 0.119. The van der Waals surface area contributed by atoms with Gasteiger partial charge in [-0.3, -0.25) is 4.40 Å². The van der Waals surface area contributed by atoms with Crippen LogP contribution < -0.4 is 9.62 Å². The van der Waals surface area contributed by atoms with Crippen LogP contribution in [0.4, 0.5) is 10.1 Å². The first kappa shape index (κ1) is 27.6. The van der Waals surface area contributed by atoms with Crippen molar-refractivity contribution in [2.45, 2.75) is 87.3 Å². The molecule has 222 valence electrons. The number of hydrogen-bond acceptors (Lipinski definition) is 10. The monoisotopic (exact) mass is 606 g/mol. The summed E-state index contributed by atoms with van der Waals surface area (Å²) in [5.74, 6) is 0. The zero-order chi connectivity index (χ0) is 28.8. The molecule has 1 spiro atoms. The highest BCUT2D eigenvalue weighted by atomic mass is 32.2. The number of imidazole rings is 1. The van der Waals surface area contributed by atoms with Gasteiger partial charge in [0.25, 0.3) is 0 Å². The lowest BCUT2D eigenvalue weighted by Gasteiger charge is -2.41. The van der Waals surface area contributed by atoms with E-state index in [1.165, 1.54) is 0 Å². The molecule has 2 aliphatic carbocycles. The quantitative estimate of drug-likeness (QED) is 0.397. The number of rotatable bonds is 8. The minimum atomic E-state index is -3.87. The third-order valence-electron chi connectivity index (χ3n) is 9.48. The SMILES string of the molecule is COC1(c2nc3c(N4CCC5(CC4)CO[C@H](C)C5O)cc(S(=O)(=O)NC4(C)CC4)cn3c2-c2nnc(CF)s2)CC1. The van der Waals surface area contributed by atoms with E-state index in [0.717, 1.165) is 37.0 Å². The predicted octanol–water partition coefficient (Wildman–Crippen LogP) is 3.15. The lowest BCUT2D eigenvalue weighted by molar-refractivity contribution is 0.0250. The van der Waals surface area contributed by atoms with Crippen molar-refractivity contribution in [1.29, 1.82) is 0 Å². The molecule has 3 aromatic rings. The molecule has 2 aliphatic heterocycles. The summed E-state index contributed by atoms with van der Waals surface area (Å²) in [7, 11) is -2.23. The minimum Gasteiger partial charge on any atom is -0.390 e. The molecule has 7 rings (SSSR count). The number of aromatic nitrogens is 4. The van der Waals surface area contributed by atoms with E-state index in [2.05, 4.69) is 19.8 Å². The van der Waals surface area contributed by atoms with Crippen molar-refractivity contribution in [3.05, 3.63) is 23.0 Å². The number of piperidine rings is 1. The lowest BCUT2D eigenvalue weighted by Crippen LogP contribution is -2.47. The van der Waals surface area contributed by atoms with Gasteiger partial charge in [0, 0.05) is 37.4 Å². The Balaban J connectivity index is 1.39. The van der Waals surface area contributed by atoms with Crippen LogP contribution in [0.15, 0.2) is 17.2 Å². The number of aliphatic hydroxyl groups is 1. The molecule has 4 fully saturated rings. The molecular weight excluding hydrogens is 571 g/mol. The van der Waals surface area contributed by atoms with E-state index in [1.54, 1.807) is 23.8 Å². The smallest absolute Gasteiger partial charge is 0.242 e. The van der Waals surface area contributed by atoms with Gasteiger partial charge >= 0.3 is 0 Å². The Hall–Kier alpha value is -2.23. The number of nitrogens with one attached hydrogen (secondary N) is 1. The Kier molecular flexibility index (Phi) is 6.32. The number of sulfonamides is 1. The molecule has 2 saturated carbocycles. The summed E-state index contributed by atoms with van der Waals surface area (Å²) in [5, 5.41) is 19.9. The third-order valence-corrected chi connectivity index (χ3v) is 12.0. The molecule has 0 radical (unpaired) electrons. The molecule has 3 aromatic heterocycles.